The number of Topliss-reactive ketones (excluding diaryl/α,β-unsaturated/α-hetero) is 1. The Labute approximate surface area is 151 Å². The minimum Gasteiger partial charge on any atom is -0.330 e. The Hall–Kier alpha value is -1.86. The summed E-state index contributed by atoms with van der Waals surface area (Å²) in [5.41, 5.74) is -4.29. The smallest absolute Gasteiger partial charge is 0.330 e. The fourth-order valence-corrected chi connectivity index (χ4v) is 3.68. The van der Waals surface area contributed by atoms with E-state index in [0.717, 1.165) is 4.90 Å². The summed E-state index contributed by atoms with van der Waals surface area (Å²) >= 11 is 0. The molecule has 1 N–H and O–H groups in total. The number of nitrogens with zero attached hydrogens (tertiary/aromatic N) is 1. The molecule has 1 aliphatic heterocycles. The maximum Gasteiger partial charge on any atom is 0.425 e. The summed E-state index contributed by atoms with van der Waals surface area (Å²) in [5, 5.41) is 1.86. The molecule has 0 spiro atoms. The van der Waals surface area contributed by atoms with Gasteiger partial charge in [-0.25, -0.2) is 0 Å². The number of alkyl halides is 3. The molecule has 2 aliphatic rings. The van der Waals surface area contributed by atoms with Crippen LogP contribution in [0.4, 0.5) is 13.2 Å². The van der Waals surface area contributed by atoms with Gasteiger partial charge in [0.05, 0.1) is 5.57 Å². The van der Waals surface area contributed by atoms with Crippen molar-refractivity contribution in [1.82, 2.24) is 10.2 Å². The normalized spacial score (nSPS) is 25.6. The Morgan fingerprint density at radius 1 is 1.19 bits per heavy atom. The van der Waals surface area contributed by atoms with Crippen LogP contribution in [0.5, 0.6) is 0 Å². The zero-order chi connectivity index (χ0) is 19.9. The second-order valence-electron chi connectivity index (χ2n) is 7.72. The lowest BCUT2D eigenvalue weighted by atomic mass is 9.72. The molecule has 0 fully saturated rings. The molecule has 0 aromatic carbocycles. The number of hydrogen-bond donors (Lipinski definition) is 1. The van der Waals surface area contributed by atoms with Crippen molar-refractivity contribution in [2.24, 2.45) is 5.41 Å². The summed E-state index contributed by atoms with van der Waals surface area (Å²) in [4.78, 5) is 38.6. The van der Waals surface area contributed by atoms with Crippen molar-refractivity contribution >= 4 is 17.6 Å². The van der Waals surface area contributed by atoms with Crippen LogP contribution >= 0.6 is 0 Å². The van der Waals surface area contributed by atoms with Crippen molar-refractivity contribution in [3.8, 4) is 0 Å². The number of carbonyl (C=O) groups excluding carboxylic acids is 3. The van der Waals surface area contributed by atoms with Crippen LogP contribution in [0.3, 0.4) is 0 Å². The van der Waals surface area contributed by atoms with Crippen molar-refractivity contribution in [2.45, 2.75) is 71.5 Å². The fraction of sp³-hybridized carbons (Fsp3) is 0.722. The highest BCUT2D eigenvalue weighted by Crippen LogP contribution is 2.51. The molecule has 8 heteroatoms. The number of allylic oxidation sites excluding steroid dienone is 1. The Morgan fingerprint density at radius 2 is 1.81 bits per heavy atom. The van der Waals surface area contributed by atoms with Crippen LogP contribution in [-0.2, 0) is 14.4 Å². The van der Waals surface area contributed by atoms with Crippen molar-refractivity contribution in [3.05, 3.63) is 11.3 Å². The van der Waals surface area contributed by atoms with E-state index in [9.17, 15) is 27.6 Å². The van der Waals surface area contributed by atoms with E-state index in [0.29, 0.717) is 12.8 Å². The van der Waals surface area contributed by atoms with Gasteiger partial charge >= 0.3 is 6.18 Å². The van der Waals surface area contributed by atoms with Gasteiger partial charge < -0.3 is 10.2 Å². The minimum absolute atomic E-state index is 0.0946. The fourth-order valence-electron chi connectivity index (χ4n) is 3.68. The van der Waals surface area contributed by atoms with E-state index in [4.69, 9.17) is 0 Å². The van der Waals surface area contributed by atoms with E-state index in [2.05, 4.69) is 0 Å². The standard InChI is InChI=1S/C18H25F3N2O3/c1-5-7-8-23-11-9-16(3,4)10-12(24)14(11)17(15(23)26,18(19,20)21)22-13(25)6-2/h5-10H2,1-4H3,(H,22,25). The Kier molecular flexibility index (Phi) is 5.27. The molecule has 2 amide bonds. The van der Waals surface area contributed by atoms with Crippen molar-refractivity contribution in [1.29, 1.82) is 0 Å². The lowest BCUT2D eigenvalue weighted by Gasteiger charge is -2.35. The molecule has 0 radical (unpaired) electrons. The number of hydrogen-bond acceptors (Lipinski definition) is 3. The number of carbonyl (C=O) groups is 3. The first-order valence-corrected chi connectivity index (χ1v) is 8.87. The molecule has 1 atom stereocenters. The van der Waals surface area contributed by atoms with Gasteiger partial charge in [0.25, 0.3) is 5.91 Å². The third-order valence-corrected chi connectivity index (χ3v) is 4.93. The van der Waals surface area contributed by atoms with Gasteiger partial charge in [0.1, 0.15) is 0 Å². The largest absolute Gasteiger partial charge is 0.425 e. The van der Waals surface area contributed by atoms with Crippen LogP contribution in [0.1, 0.15) is 59.8 Å². The van der Waals surface area contributed by atoms with E-state index in [-0.39, 0.29) is 31.5 Å². The predicted molar refractivity (Wildman–Crippen MR) is 88.9 cm³/mol. The summed E-state index contributed by atoms with van der Waals surface area (Å²) < 4.78 is 42.4. The SMILES string of the molecule is CCCCN1C(=O)C(NC(=O)CC)(C(F)(F)F)C2=C1CC(C)(C)CC2=O. The molecular formula is C18H25F3N2O3. The summed E-state index contributed by atoms with van der Waals surface area (Å²) in [7, 11) is 0. The Bertz CT molecular complexity index is 667. The third-order valence-electron chi connectivity index (χ3n) is 4.93. The average Bonchev–Trinajstić information content (AvgIpc) is 2.73. The van der Waals surface area contributed by atoms with Gasteiger partial charge in [0, 0.05) is 25.1 Å². The van der Waals surface area contributed by atoms with Gasteiger partial charge in [-0.1, -0.05) is 34.1 Å². The van der Waals surface area contributed by atoms with Gasteiger partial charge in [0.15, 0.2) is 5.78 Å². The maximum atomic E-state index is 14.1. The Morgan fingerprint density at radius 3 is 2.31 bits per heavy atom. The second-order valence-corrected chi connectivity index (χ2v) is 7.72. The van der Waals surface area contributed by atoms with Crippen molar-refractivity contribution in [3.63, 3.8) is 0 Å². The highest BCUT2D eigenvalue weighted by molar-refractivity contribution is 6.13. The van der Waals surface area contributed by atoms with E-state index in [1.807, 2.05) is 12.2 Å². The molecule has 1 aliphatic carbocycles. The third kappa shape index (κ3) is 3.14. The van der Waals surface area contributed by atoms with E-state index >= 15 is 0 Å². The van der Waals surface area contributed by atoms with Gasteiger partial charge in [-0.3, -0.25) is 14.4 Å². The van der Waals surface area contributed by atoms with E-state index < -0.39 is 40.3 Å². The summed E-state index contributed by atoms with van der Waals surface area (Å²) in [6, 6.07) is 0. The van der Waals surface area contributed by atoms with Gasteiger partial charge in [0.2, 0.25) is 11.4 Å². The van der Waals surface area contributed by atoms with E-state index in [1.54, 1.807) is 13.8 Å². The summed E-state index contributed by atoms with van der Waals surface area (Å²) in [5.74, 6) is -2.91. The first-order chi connectivity index (χ1) is 11.9. The highest BCUT2D eigenvalue weighted by Gasteiger charge is 2.71. The summed E-state index contributed by atoms with van der Waals surface area (Å²) in [6.07, 6.45) is -4.04. The zero-order valence-electron chi connectivity index (χ0n) is 15.5. The molecule has 1 heterocycles. The first-order valence-electron chi connectivity index (χ1n) is 8.87. The predicted octanol–water partition coefficient (Wildman–Crippen LogP) is 3.10. The number of halogens is 3. The lowest BCUT2D eigenvalue weighted by molar-refractivity contribution is -0.194. The maximum absolute atomic E-state index is 14.1. The topological polar surface area (TPSA) is 66.5 Å². The molecule has 26 heavy (non-hydrogen) atoms. The quantitative estimate of drug-likeness (QED) is 0.804. The number of ketones is 1. The number of unbranched alkanes of at least 4 members (excludes halogenated alkanes) is 1. The van der Waals surface area contributed by atoms with Crippen LogP contribution in [0.15, 0.2) is 11.3 Å². The molecule has 0 saturated heterocycles. The molecule has 0 aromatic rings. The Balaban J connectivity index is 2.70. The van der Waals surface area contributed by atoms with Crippen molar-refractivity contribution in [2.75, 3.05) is 6.54 Å². The first kappa shape index (κ1) is 20.5. The molecule has 0 bridgehead atoms. The molecule has 0 aromatic heterocycles. The van der Waals surface area contributed by atoms with Crippen LogP contribution in [0, 0.1) is 5.41 Å². The van der Waals surface area contributed by atoms with Crippen LogP contribution < -0.4 is 5.32 Å². The van der Waals surface area contributed by atoms with Gasteiger partial charge in [-0.15, -0.1) is 0 Å². The average molecular weight is 374 g/mol. The van der Waals surface area contributed by atoms with Crippen LogP contribution in [-0.4, -0.2) is 40.8 Å². The highest BCUT2D eigenvalue weighted by atomic mass is 19.4. The van der Waals surface area contributed by atoms with Crippen LogP contribution in [0.25, 0.3) is 0 Å². The van der Waals surface area contributed by atoms with Crippen LogP contribution in [0.2, 0.25) is 0 Å². The van der Waals surface area contributed by atoms with Gasteiger partial charge in [-0.2, -0.15) is 13.2 Å². The molecule has 5 nitrogen and oxygen atoms in total. The van der Waals surface area contributed by atoms with E-state index in [1.165, 1.54) is 6.92 Å². The monoisotopic (exact) mass is 374 g/mol. The number of amides is 2. The zero-order valence-corrected chi connectivity index (χ0v) is 15.5. The lowest BCUT2D eigenvalue weighted by Crippen LogP contribution is -2.66. The second kappa shape index (κ2) is 6.70. The van der Waals surface area contributed by atoms with Crippen molar-refractivity contribution < 1.29 is 27.6 Å². The van der Waals surface area contributed by atoms with Gasteiger partial charge in [-0.05, 0) is 18.3 Å². The molecular weight excluding hydrogens is 349 g/mol. The molecule has 0 saturated carbocycles. The number of rotatable bonds is 5. The number of nitrogens with one attached hydrogen (secondary N) is 1. The molecule has 146 valence electrons. The molecule has 1 unspecified atom stereocenters. The molecule has 2 rings (SSSR count). The summed E-state index contributed by atoms with van der Waals surface area (Å²) in [6.45, 7) is 6.93. The minimum atomic E-state index is -5.10.